The van der Waals surface area contributed by atoms with Crippen LogP contribution in [0.3, 0.4) is 0 Å². The smallest absolute Gasteiger partial charge is 0.383 e. The molecule has 0 bridgehead atoms. The van der Waals surface area contributed by atoms with E-state index in [1.807, 2.05) is 0 Å². The Labute approximate surface area is 184 Å². The summed E-state index contributed by atoms with van der Waals surface area (Å²) >= 11 is 6.19. The van der Waals surface area contributed by atoms with Gasteiger partial charge in [0.2, 0.25) is 0 Å². The molecule has 2 aromatic rings. The Morgan fingerprint density at radius 3 is 2.59 bits per heavy atom. The third kappa shape index (κ3) is 5.76. The van der Waals surface area contributed by atoms with Crippen LogP contribution in [-0.2, 0) is 31.6 Å². The molecule has 2 aromatic heterocycles. The van der Waals surface area contributed by atoms with Crippen molar-refractivity contribution in [3.8, 4) is 12.3 Å². The molecule has 0 saturated carbocycles. The Balaban J connectivity index is 1.74. The lowest BCUT2D eigenvalue weighted by molar-refractivity contribution is -0.0604. The third-order valence-corrected chi connectivity index (χ3v) is 8.27. The van der Waals surface area contributed by atoms with E-state index < -0.39 is 41.9 Å². The molecular formula is C13H16ClN4O11P3. The second kappa shape index (κ2) is 8.77. The van der Waals surface area contributed by atoms with Gasteiger partial charge in [-0.1, -0.05) is 17.5 Å². The summed E-state index contributed by atoms with van der Waals surface area (Å²) in [5.41, 5.74) is 4.60. The first-order valence-corrected chi connectivity index (χ1v) is 13.3. The number of ether oxygens (including phenoxy) is 1. The molecule has 1 aliphatic heterocycles. The summed E-state index contributed by atoms with van der Waals surface area (Å²) in [7, 11) is -16.5. The fraction of sp³-hybridized carbons (Fsp3) is 0.385. The molecule has 0 radical (unpaired) electrons. The molecule has 0 aromatic carbocycles. The number of phosphoric acid groups is 3. The Hall–Kier alpha value is -1.36. The molecule has 4 atom stereocenters. The van der Waals surface area contributed by atoms with Gasteiger partial charge in [-0.3, -0.25) is 4.52 Å². The quantitative estimate of drug-likeness (QED) is 0.241. The van der Waals surface area contributed by atoms with Crippen LogP contribution in [0.5, 0.6) is 0 Å². The number of rotatable bonds is 8. The van der Waals surface area contributed by atoms with Crippen molar-refractivity contribution >= 4 is 51.9 Å². The minimum Gasteiger partial charge on any atom is -0.383 e. The van der Waals surface area contributed by atoms with Crippen LogP contribution in [0, 0.1) is 12.3 Å². The van der Waals surface area contributed by atoms with E-state index in [4.69, 9.17) is 38.3 Å². The molecule has 0 spiro atoms. The lowest BCUT2D eigenvalue weighted by atomic mass is 10.0. The van der Waals surface area contributed by atoms with E-state index in [9.17, 15) is 23.5 Å². The number of hydrogen-bond acceptors (Lipinski definition) is 10. The van der Waals surface area contributed by atoms with Gasteiger partial charge in [-0.25, -0.2) is 23.7 Å². The minimum atomic E-state index is -5.66. The average molecular weight is 533 g/mol. The maximum atomic E-state index is 12.0. The molecule has 3 heterocycles. The second-order valence-corrected chi connectivity index (χ2v) is 11.3. The summed E-state index contributed by atoms with van der Waals surface area (Å²) in [6.07, 6.45) is 7.90. The summed E-state index contributed by atoms with van der Waals surface area (Å²) in [5, 5.41) is 0.650. The largest absolute Gasteiger partial charge is 0.490 e. The number of terminal acetylenes is 1. The zero-order chi connectivity index (χ0) is 23.9. The SMILES string of the molecule is C#CC1(COP(=O)(O)OP(=O)(O)OP(=O)(O)O)CCC(n2cc(Cl)c3c(N)ncnc32)O1. The summed E-state index contributed by atoms with van der Waals surface area (Å²) in [6, 6.07) is 0. The van der Waals surface area contributed by atoms with Gasteiger partial charge in [0.25, 0.3) is 0 Å². The second-order valence-electron chi connectivity index (χ2n) is 6.46. The highest BCUT2D eigenvalue weighted by molar-refractivity contribution is 7.66. The van der Waals surface area contributed by atoms with Crippen molar-refractivity contribution in [3.63, 3.8) is 0 Å². The summed E-state index contributed by atoms with van der Waals surface area (Å²) in [5.74, 6) is 2.44. The monoisotopic (exact) mass is 532 g/mol. The fourth-order valence-corrected chi connectivity index (χ4v) is 6.31. The van der Waals surface area contributed by atoms with Gasteiger partial charge in [0.15, 0.2) is 5.60 Å². The van der Waals surface area contributed by atoms with E-state index in [1.54, 1.807) is 4.57 Å². The zero-order valence-corrected chi connectivity index (χ0v) is 19.2. The Kier molecular flexibility index (Phi) is 6.93. The molecule has 1 fully saturated rings. The average Bonchev–Trinajstić information content (AvgIpc) is 3.20. The van der Waals surface area contributed by atoms with Crippen LogP contribution in [0.1, 0.15) is 19.1 Å². The van der Waals surface area contributed by atoms with Gasteiger partial charge in [-0.2, -0.15) is 8.62 Å². The highest BCUT2D eigenvalue weighted by Crippen LogP contribution is 2.66. The van der Waals surface area contributed by atoms with Crippen molar-refractivity contribution in [2.24, 2.45) is 0 Å². The first kappa shape index (κ1) is 25.3. The van der Waals surface area contributed by atoms with E-state index in [-0.39, 0.29) is 23.7 Å². The van der Waals surface area contributed by atoms with Crippen molar-refractivity contribution in [2.75, 3.05) is 12.3 Å². The summed E-state index contributed by atoms with van der Waals surface area (Å²) < 4.78 is 53.4. The van der Waals surface area contributed by atoms with Crippen LogP contribution in [-0.4, -0.2) is 46.3 Å². The van der Waals surface area contributed by atoms with Gasteiger partial charge in [0.05, 0.1) is 17.0 Å². The van der Waals surface area contributed by atoms with Crippen molar-refractivity contribution < 1.29 is 51.2 Å². The van der Waals surface area contributed by atoms with E-state index in [0.29, 0.717) is 11.0 Å². The maximum absolute atomic E-state index is 12.0. The fourth-order valence-electron chi connectivity index (χ4n) is 2.96. The van der Waals surface area contributed by atoms with Crippen LogP contribution in [0.4, 0.5) is 5.82 Å². The van der Waals surface area contributed by atoms with Crippen molar-refractivity contribution in [1.82, 2.24) is 14.5 Å². The molecule has 1 aliphatic rings. The number of nitrogens with zero attached hydrogens (tertiary/aromatic N) is 3. The first-order valence-electron chi connectivity index (χ1n) is 8.36. The van der Waals surface area contributed by atoms with E-state index >= 15 is 0 Å². The lowest BCUT2D eigenvalue weighted by Crippen LogP contribution is -2.32. The molecule has 6 N–H and O–H groups in total. The number of halogens is 1. The molecule has 19 heteroatoms. The number of fused-ring (bicyclic) bond motifs is 1. The minimum absolute atomic E-state index is 0.113. The number of nitrogens with two attached hydrogens (primary N) is 1. The van der Waals surface area contributed by atoms with Gasteiger partial charge in [0, 0.05) is 6.20 Å². The molecule has 0 aliphatic carbocycles. The molecule has 176 valence electrons. The number of nitrogen functional groups attached to an aromatic ring is 1. The van der Waals surface area contributed by atoms with Gasteiger partial charge < -0.3 is 34.6 Å². The third-order valence-electron chi connectivity index (χ3n) is 4.20. The van der Waals surface area contributed by atoms with Crippen molar-refractivity contribution in [3.05, 3.63) is 17.5 Å². The van der Waals surface area contributed by atoms with Crippen LogP contribution in [0.15, 0.2) is 12.5 Å². The highest BCUT2D eigenvalue weighted by Gasteiger charge is 2.45. The molecule has 4 unspecified atom stereocenters. The molecule has 15 nitrogen and oxygen atoms in total. The van der Waals surface area contributed by atoms with Crippen LogP contribution in [0.25, 0.3) is 11.0 Å². The lowest BCUT2D eigenvalue weighted by Gasteiger charge is -2.25. The van der Waals surface area contributed by atoms with Crippen LogP contribution < -0.4 is 5.73 Å². The highest BCUT2D eigenvalue weighted by atomic mass is 35.5. The number of anilines is 1. The van der Waals surface area contributed by atoms with E-state index in [2.05, 4.69) is 29.0 Å². The standard InChI is InChI=1S/C13H16ClN4O11P3/c1-2-13(6-26-31(22,23)29-32(24,25)28-30(19,20)21)4-3-9(27-13)18-5-8(14)10-11(15)16-7-17-12(10)18/h1,5,7,9H,3-4,6H2,(H,22,23)(H,24,25)(H2,15,16,17)(H2,19,20,21). The van der Waals surface area contributed by atoms with Gasteiger partial charge in [0.1, 0.15) is 24.0 Å². The summed E-state index contributed by atoms with van der Waals surface area (Å²) in [4.78, 5) is 43.9. The molecular weight excluding hydrogens is 517 g/mol. The number of phosphoric ester groups is 1. The Morgan fingerprint density at radius 1 is 1.28 bits per heavy atom. The zero-order valence-electron chi connectivity index (χ0n) is 15.7. The van der Waals surface area contributed by atoms with Crippen molar-refractivity contribution in [2.45, 2.75) is 24.7 Å². The number of aromatic nitrogens is 3. The van der Waals surface area contributed by atoms with Crippen LogP contribution in [0.2, 0.25) is 5.02 Å². The van der Waals surface area contributed by atoms with Gasteiger partial charge in [-0.15, -0.1) is 6.42 Å². The molecule has 0 amide bonds. The molecule has 32 heavy (non-hydrogen) atoms. The topological polar surface area (TPSA) is 226 Å². The van der Waals surface area contributed by atoms with Gasteiger partial charge >= 0.3 is 23.5 Å². The Bertz CT molecular complexity index is 1230. The van der Waals surface area contributed by atoms with Crippen molar-refractivity contribution in [1.29, 1.82) is 0 Å². The molecule has 3 rings (SSSR count). The van der Waals surface area contributed by atoms with E-state index in [1.165, 1.54) is 12.5 Å². The predicted octanol–water partition coefficient (Wildman–Crippen LogP) is 1.69. The number of hydrogen-bond donors (Lipinski definition) is 5. The normalized spacial score (nSPS) is 25.3. The Morgan fingerprint density at radius 2 is 1.97 bits per heavy atom. The van der Waals surface area contributed by atoms with Crippen LogP contribution >= 0.6 is 35.1 Å². The maximum Gasteiger partial charge on any atom is 0.490 e. The first-order chi connectivity index (χ1) is 14.7. The van der Waals surface area contributed by atoms with E-state index in [0.717, 1.165) is 0 Å². The molecule has 1 saturated heterocycles. The van der Waals surface area contributed by atoms with Gasteiger partial charge in [-0.05, 0) is 12.8 Å². The summed E-state index contributed by atoms with van der Waals surface area (Å²) in [6.45, 7) is -0.784. The predicted molar refractivity (Wildman–Crippen MR) is 108 cm³/mol.